The first-order chi connectivity index (χ1) is 14.4. The molecule has 1 unspecified atom stereocenters. The van der Waals surface area contributed by atoms with E-state index >= 15 is 0 Å². The largest absolute Gasteiger partial charge is 0.428 e. The number of nitrogens with zero attached hydrogens (tertiary/aromatic N) is 4. The van der Waals surface area contributed by atoms with E-state index in [1.807, 2.05) is 0 Å². The van der Waals surface area contributed by atoms with Crippen molar-refractivity contribution < 1.29 is 31.8 Å². The first-order valence-electron chi connectivity index (χ1n) is 9.19. The minimum Gasteiger partial charge on any atom is -0.428 e. The second-order valence-electron chi connectivity index (χ2n) is 8.41. The highest BCUT2D eigenvalue weighted by molar-refractivity contribution is 7.91. The molecule has 0 saturated heterocycles. The molecule has 0 bridgehead atoms. The van der Waals surface area contributed by atoms with Crippen LogP contribution in [0.25, 0.3) is 0 Å². The average molecular weight is 498 g/mol. The van der Waals surface area contributed by atoms with Crippen LogP contribution in [-0.4, -0.2) is 42.0 Å². The summed E-state index contributed by atoms with van der Waals surface area (Å²) in [6.07, 6.45) is 1.03. The second-order valence-corrected chi connectivity index (χ2v) is 10.9. The summed E-state index contributed by atoms with van der Waals surface area (Å²) in [5, 5.41) is 12.3. The maximum atomic E-state index is 14.0. The molecule has 0 spiro atoms. The van der Waals surface area contributed by atoms with Gasteiger partial charge >= 0.3 is 0 Å². The summed E-state index contributed by atoms with van der Waals surface area (Å²) in [5.41, 5.74) is -2.39. The lowest BCUT2D eigenvalue weighted by Gasteiger charge is -2.44. The molecule has 2 aromatic heterocycles. The van der Waals surface area contributed by atoms with Crippen LogP contribution in [0, 0.1) is 10.2 Å². The molecule has 0 aromatic carbocycles. The van der Waals surface area contributed by atoms with Gasteiger partial charge in [0, 0.05) is 44.8 Å². The third-order valence-corrected chi connectivity index (χ3v) is 6.39. The Balaban J connectivity index is 2.09. The summed E-state index contributed by atoms with van der Waals surface area (Å²) in [7, 11) is -3.39. The number of carbonyl (C=O) groups excluding carboxylic acids is 1. The molecule has 2 N–H and O–H groups in total. The van der Waals surface area contributed by atoms with Crippen LogP contribution >= 0.6 is 11.6 Å². The summed E-state index contributed by atoms with van der Waals surface area (Å²) < 4.78 is 75.6. The third-order valence-electron chi connectivity index (χ3n) is 4.93. The van der Waals surface area contributed by atoms with Crippen molar-refractivity contribution in [2.24, 2.45) is 10.4 Å². The molecule has 14 heteroatoms. The van der Waals surface area contributed by atoms with Gasteiger partial charge in [-0.05, 0) is 11.5 Å². The van der Waals surface area contributed by atoms with Gasteiger partial charge in [0.05, 0.1) is 15.1 Å². The lowest BCUT2D eigenvalue weighted by atomic mass is 9.67. The van der Waals surface area contributed by atoms with Crippen LogP contribution in [0.1, 0.15) is 42.9 Å². The molecule has 1 amide bonds. The van der Waals surface area contributed by atoms with E-state index in [9.17, 15) is 31.8 Å². The molecule has 2 heterocycles. The van der Waals surface area contributed by atoms with E-state index in [2.05, 4.69) is 10.1 Å². The summed E-state index contributed by atoms with van der Waals surface area (Å²) in [6.45, 7) is 1.79. The zero-order valence-corrected chi connectivity index (χ0v) is 18.8. The van der Waals surface area contributed by atoms with Crippen molar-refractivity contribution in [1.29, 1.82) is 4.78 Å². The topological polar surface area (TPSA) is 113 Å². The number of carbonyl (C=O) groups is 1. The molecule has 32 heavy (non-hydrogen) atoms. The highest BCUT2D eigenvalue weighted by atomic mass is 35.5. The fraction of sp³-hybridized carbons (Fsp3) is 0.500. The Morgan fingerprint density at radius 1 is 1.44 bits per heavy atom. The van der Waals surface area contributed by atoms with Gasteiger partial charge in [0.1, 0.15) is 10.7 Å². The van der Waals surface area contributed by atoms with Crippen LogP contribution in [0.2, 0.25) is 5.02 Å². The molecule has 1 aliphatic carbocycles. The second kappa shape index (κ2) is 7.58. The van der Waals surface area contributed by atoms with Crippen molar-refractivity contribution in [3.05, 3.63) is 40.1 Å². The van der Waals surface area contributed by atoms with Crippen molar-refractivity contribution in [2.45, 2.75) is 50.1 Å². The van der Waals surface area contributed by atoms with E-state index in [1.165, 1.54) is 6.92 Å². The molecule has 1 saturated carbocycles. The summed E-state index contributed by atoms with van der Waals surface area (Å²) >= 11 is 6.04. The number of pyridine rings is 1. The van der Waals surface area contributed by atoms with Crippen molar-refractivity contribution in [1.82, 2.24) is 14.5 Å². The third kappa shape index (κ3) is 4.82. The number of amides is 1. The fourth-order valence-corrected chi connectivity index (χ4v) is 4.85. The van der Waals surface area contributed by atoms with Crippen LogP contribution in [0.5, 0.6) is 0 Å². The minimum atomic E-state index is -3.51. The molecule has 1 aliphatic rings. The van der Waals surface area contributed by atoms with Crippen molar-refractivity contribution >= 4 is 27.2 Å². The standard InChI is InChI=1S/C18H20ClF4N5O3S/c1-16(7-18(22,23)8-16)9-27-13(12(19)14(26-27)17(2,20)21)15(29)25-10-4-5-28(30)11(6-10)32(3,24)31/h4-6,24,30H,7-9H2,1-3H3. The molecule has 0 aliphatic heterocycles. The fourth-order valence-electron chi connectivity index (χ4n) is 3.70. The quantitative estimate of drug-likeness (QED) is 0.481. The van der Waals surface area contributed by atoms with E-state index in [1.54, 1.807) is 0 Å². The Bertz CT molecular complexity index is 1260. The monoisotopic (exact) mass is 497 g/mol. The zero-order chi connectivity index (χ0) is 24.3. The predicted octanol–water partition coefficient (Wildman–Crippen LogP) is 3.90. The van der Waals surface area contributed by atoms with E-state index in [0.29, 0.717) is 11.7 Å². The number of halogens is 5. The van der Waals surface area contributed by atoms with Gasteiger partial charge in [-0.1, -0.05) is 18.5 Å². The van der Waals surface area contributed by atoms with Crippen LogP contribution in [0.3, 0.4) is 0 Å². The number of hydrogen-bond donors (Lipinski definition) is 2. The molecule has 1 fully saturated rings. The summed E-state index contributed by atoms with van der Waals surface area (Å²) in [5.74, 6) is -7.49. The number of aromatic nitrogens is 3. The summed E-state index contributed by atoms with van der Waals surface area (Å²) in [4.78, 5) is 16.6. The Labute approximate surface area is 185 Å². The van der Waals surface area contributed by atoms with Gasteiger partial charge in [0.25, 0.3) is 11.8 Å². The summed E-state index contributed by atoms with van der Waals surface area (Å²) in [6, 6.07) is 2.18. The highest BCUT2D eigenvalue weighted by Crippen LogP contribution is 2.53. The maximum Gasteiger partial charge on any atom is 0.297 e. The molecular weight excluding hydrogens is 478 g/mol. The molecular formula is C18H20ClF4N5O3S. The Kier molecular flexibility index (Phi) is 5.74. The molecule has 0 radical (unpaired) electrons. The lowest BCUT2D eigenvalue weighted by Crippen LogP contribution is -2.46. The first kappa shape index (κ1) is 24.2. The number of hydrogen-bond acceptors (Lipinski definition) is 5. The van der Waals surface area contributed by atoms with Crippen molar-refractivity contribution in [3.8, 4) is 0 Å². The van der Waals surface area contributed by atoms with Crippen LogP contribution < -0.4 is 5.36 Å². The van der Waals surface area contributed by atoms with Gasteiger partial charge in [0.2, 0.25) is 5.92 Å². The van der Waals surface area contributed by atoms with Crippen LogP contribution in [0.15, 0.2) is 28.3 Å². The number of nitrogens with one attached hydrogen (secondary N) is 1. The zero-order valence-electron chi connectivity index (χ0n) is 17.2. The molecule has 2 aromatic rings. The van der Waals surface area contributed by atoms with Gasteiger partial charge in [-0.15, -0.1) is 0 Å². The first-order valence-corrected chi connectivity index (χ1v) is 11.5. The lowest BCUT2D eigenvalue weighted by molar-refractivity contribution is -0.160. The predicted molar refractivity (Wildman–Crippen MR) is 106 cm³/mol. The van der Waals surface area contributed by atoms with E-state index in [4.69, 9.17) is 16.4 Å². The molecule has 8 nitrogen and oxygen atoms in total. The minimum absolute atomic E-state index is 0.132. The van der Waals surface area contributed by atoms with Gasteiger partial charge in [-0.3, -0.25) is 9.48 Å². The Morgan fingerprint density at radius 2 is 2.03 bits per heavy atom. The van der Waals surface area contributed by atoms with Crippen LogP contribution in [-0.2, 0) is 22.2 Å². The van der Waals surface area contributed by atoms with Gasteiger partial charge < -0.3 is 5.21 Å². The highest BCUT2D eigenvalue weighted by Gasteiger charge is 2.54. The molecule has 1 atom stereocenters. The SMILES string of the molecule is CC1(Cn2nc(C(C)(F)F)c(Cl)c2C(=O)N=c2ccn(O)c(S(C)(=N)=O)c2)CC(F)(F)C1. The Morgan fingerprint density at radius 3 is 2.53 bits per heavy atom. The molecule has 3 rings (SSSR count). The van der Waals surface area contributed by atoms with Crippen LogP contribution in [0.4, 0.5) is 17.6 Å². The number of alkyl halides is 4. The van der Waals surface area contributed by atoms with E-state index in [0.717, 1.165) is 29.3 Å². The number of rotatable bonds is 5. The van der Waals surface area contributed by atoms with Gasteiger partial charge in [0.15, 0.2) is 10.7 Å². The smallest absolute Gasteiger partial charge is 0.297 e. The van der Waals surface area contributed by atoms with Gasteiger partial charge in [-0.2, -0.15) is 18.6 Å². The average Bonchev–Trinajstić information content (AvgIpc) is 2.89. The van der Waals surface area contributed by atoms with E-state index < -0.39 is 62.1 Å². The maximum absolute atomic E-state index is 14.0. The van der Waals surface area contributed by atoms with Gasteiger partial charge in [-0.25, -0.2) is 22.8 Å². The van der Waals surface area contributed by atoms with Crippen molar-refractivity contribution in [2.75, 3.05) is 6.26 Å². The van der Waals surface area contributed by atoms with E-state index in [-0.39, 0.29) is 16.9 Å². The van der Waals surface area contributed by atoms with Crippen molar-refractivity contribution in [3.63, 3.8) is 0 Å². The molecule has 176 valence electrons. The normalized spacial score (nSPS) is 19.9. The Hall–Kier alpha value is -2.41.